The van der Waals surface area contributed by atoms with E-state index in [1.54, 1.807) is 18.2 Å². The topological polar surface area (TPSA) is 49.3 Å². The summed E-state index contributed by atoms with van der Waals surface area (Å²) in [5.41, 5.74) is 0.536. The SMILES string of the molecule is O=C(O)[C@H]1N[C@H](c2ccccc2F)CS1. The fraction of sp³-hybridized carbons (Fsp3) is 0.300. The minimum Gasteiger partial charge on any atom is -0.479 e. The summed E-state index contributed by atoms with van der Waals surface area (Å²) >= 11 is 1.28. The Kier molecular flexibility index (Phi) is 2.93. The number of aliphatic carboxylic acids is 1. The third-order valence-electron chi connectivity index (χ3n) is 2.29. The zero-order chi connectivity index (χ0) is 10.8. The van der Waals surface area contributed by atoms with Crippen LogP contribution in [0.4, 0.5) is 4.39 Å². The van der Waals surface area contributed by atoms with Crippen LogP contribution >= 0.6 is 11.8 Å². The van der Waals surface area contributed by atoms with Crippen molar-refractivity contribution in [3.8, 4) is 0 Å². The van der Waals surface area contributed by atoms with Crippen LogP contribution in [0.15, 0.2) is 24.3 Å². The molecule has 2 rings (SSSR count). The van der Waals surface area contributed by atoms with Crippen LogP contribution in [0.3, 0.4) is 0 Å². The second-order valence-electron chi connectivity index (χ2n) is 3.29. The van der Waals surface area contributed by atoms with Gasteiger partial charge >= 0.3 is 5.97 Å². The van der Waals surface area contributed by atoms with Crippen molar-refractivity contribution in [2.75, 3.05) is 5.75 Å². The van der Waals surface area contributed by atoms with E-state index in [2.05, 4.69) is 5.32 Å². The molecule has 1 heterocycles. The van der Waals surface area contributed by atoms with Crippen molar-refractivity contribution in [2.45, 2.75) is 11.4 Å². The summed E-state index contributed by atoms with van der Waals surface area (Å²) in [6.07, 6.45) is 0. The zero-order valence-corrected chi connectivity index (χ0v) is 8.63. The van der Waals surface area contributed by atoms with Gasteiger partial charge in [-0.05, 0) is 6.07 Å². The largest absolute Gasteiger partial charge is 0.479 e. The molecular formula is C10H10FNO2S. The highest BCUT2D eigenvalue weighted by atomic mass is 32.2. The highest BCUT2D eigenvalue weighted by molar-refractivity contribution is 8.00. The number of hydrogen-bond donors (Lipinski definition) is 2. The fourth-order valence-electron chi connectivity index (χ4n) is 1.55. The molecule has 1 fully saturated rings. The lowest BCUT2D eigenvalue weighted by molar-refractivity contribution is -0.137. The van der Waals surface area contributed by atoms with Gasteiger partial charge in [-0.3, -0.25) is 5.32 Å². The van der Waals surface area contributed by atoms with Gasteiger partial charge in [0.25, 0.3) is 0 Å². The highest BCUT2D eigenvalue weighted by Gasteiger charge is 2.31. The minimum atomic E-state index is -0.904. The van der Waals surface area contributed by atoms with E-state index in [1.807, 2.05) is 0 Å². The quantitative estimate of drug-likeness (QED) is 0.806. The Bertz CT molecular complexity index is 385. The van der Waals surface area contributed by atoms with E-state index in [1.165, 1.54) is 17.8 Å². The van der Waals surface area contributed by atoms with Crippen LogP contribution in [-0.2, 0) is 4.79 Å². The Morgan fingerprint density at radius 2 is 2.27 bits per heavy atom. The Morgan fingerprint density at radius 3 is 2.87 bits per heavy atom. The Balaban J connectivity index is 2.14. The Hall–Kier alpha value is -1.07. The van der Waals surface area contributed by atoms with E-state index in [0.29, 0.717) is 11.3 Å². The van der Waals surface area contributed by atoms with Gasteiger partial charge in [0, 0.05) is 17.4 Å². The molecule has 15 heavy (non-hydrogen) atoms. The van der Waals surface area contributed by atoms with Crippen LogP contribution < -0.4 is 5.32 Å². The number of halogens is 1. The van der Waals surface area contributed by atoms with Crippen LogP contribution in [0, 0.1) is 5.82 Å². The normalized spacial score (nSPS) is 25.4. The van der Waals surface area contributed by atoms with Crippen LogP contribution in [0.25, 0.3) is 0 Å². The van der Waals surface area contributed by atoms with E-state index in [4.69, 9.17) is 5.11 Å². The van der Waals surface area contributed by atoms with Crippen molar-refractivity contribution in [2.24, 2.45) is 0 Å². The minimum absolute atomic E-state index is 0.211. The predicted octanol–water partition coefficient (Wildman–Crippen LogP) is 1.61. The fourth-order valence-corrected chi connectivity index (χ4v) is 2.61. The molecule has 1 saturated heterocycles. The van der Waals surface area contributed by atoms with Crippen molar-refractivity contribution in [3.63, 3.8) is 0 Å². The summed E-state index contributed by atoms with van der Waals surface area (Å²) in [5, 5.41) is 11.0. The molecule has 5 heteroatoms. The molecule has 0 aromatic heterocycles. The Labute approximate surface area is 90.7 Å². The molecule has 1 aromatic rings. The first kappa shape index (κ1) is 10.4. The maximum atomic E-state index is 13.4. The first-order chi connectivity index (χ1) is 7.18. The molecule has 0 radical (unpaired) electrons. The molecule has 0 bridgehead atoms. The zero-order valence-electron chi connectivity index (χ0n) is 7.81. The summed E-state index contributed by atoms with van der Waals surface area (Å²) in [5.74, 6) is -0.613. The third-order valence-corrected chi connectivity index (χ3v) is 3.48. The number of thioether (sulfide) groups is 1. The molecule has 80 valence electrons. The molecule has 2 atom stereocenters. The van der Waals surface area contributed by atoms with Gasteiger partial charge < -0.3 is 5.11 Å². The molecule has 3 nitrogen and oxygen atoms in total. The maximum Gasteiger partial charge on any atom is 0.331 e. The lowest BCUT2D eigenvalue weighted by atomic mass is 10.1. The van der Waals surface area contributed by atoms with Crippen LogP contribution in [0.5, 0.6) is 0 Å². The number of carboxylic acids is 1. The molecule has 0 saturated carbocycles. The van der Waals surface area contributed by atoms with E-state index < -0.39 is 11.3 Å². The van der Waals surface area contributed by atoms with Crippen molar-refractivity contribution in [1.82, 2.24) is 5.32 Å². The monoisotopic (exact) mass is 227 g/mol. The molecule has 1 aliphatic heterocycles. The van der Waals surface area contributed by atoms with E-state index >= 15 is 0 Å². The first-order valence-electron chi connectivity index (χ1n) is 4.53. The van der Waals surface area contributed by atoms with Gasteiger partial charge in [0.1, 0.15) is 5.82 Å². The molecule has 1 aromatic carbocycles. The van der Waals surface area contributed by atoms with Gasteiger partial charge in [-0.2, -0.15) is 0 Å². The van der Waals surface area contributed by atoms with Crippen LogP contribution in [-0.4, -0.2) is 22.2 Å². The summed E-state index contributed by atoms with van der Waals surface area (Å²) in [6, 6.07) is 6.22. The number of benzene rings is 1. The number of carboxylic acid groups (broad SMARTS) is 1. The first-order valence-corrected chi connectivity index (χ1v) is 5.58. The Morgan fingerprint density at radius 1 is 1.53 bits per heavy atom. The van der Waals surface area contributed by atoms with Crippen molar-refractivity contribution in [1.29, 1.82) is 0 Å². The number of rotatable bonds is 2. The van der Waals surface area contributed by atoms with Gasteiger partial charge in [0.15, 0.2) is 5.37 Å². The predicted molar refractivity (Wildman–Crippen MR) is 56.2 cm³/mol. The third kappa shape index (κ3) is 2.13. The average molecular weight is 227 g/mol. The maximum absolute atomic E-state index is 13.4. The standard InChI is InChI=1S/C10H10FNO2S/c11-7-4-2-1-3-6(7)8-5-15-9(12-8)10(13)14/h1-4,8-9,12H,5H2,(H,13,14)/t8-,9-/m0/s1. The van der Waals surface area contributed by atoms with Gasteiger partial charge in [0.05, 0.1) is 0 Å². The van der Waals surface area contributed by atoms with Crippen LogP contribution in [0.1, 0.15) is 11.6 Å². The summed E-state index contributed by atoms with van der Waals surface area (Å²) in [4.78, 5) is 10.7. The summed E-state index contributed by atoms with van der Waals surface area (Å²) in [7, 11) is 0. The molecule has 0 unspecified atom stereocenters. The molecule has 2 N–H and O–H groups in total. The lowest BCUT2D eigenvalue weighted by Crippen LogP contribution is -2.30. The smallest absolute Gasteiger partial charge is 0.331 e. The molecule has 1 aliphatic rings. The van der Waals surface area contributed by atoms with Gasteiger partial charge in [-0.1, -0.05) is 18.2 Å². The van der Waals surface area contributed by atoms with Crippen molar-refractivity contribution >= 4 is 17.7 Å². The summed E-state index contributed by atoms with van der Waals surface area (Å²) in [6.45, 7) is 0. The second-order valence-corrected chi connectivity index (χ2v) is 4.43. The molecule has 0 aliphatic carbocycles. The van der Waals surface area contributed by atoms with Gasteiger partial charge in [0.2, 0.25) is 0 Å². The van der Waals surface area contributed by atoms with Gasteiger partial charge in [-0.15, -0.1) is 11.8 Å². The number of hydrogen-bond acceptors (Lipinski definition) is 3. The van der Waals surface area contributed by atoms with Gasteiger partial charge in [-0.25, -0.2) is 9.18 Å². The van der Waals surface area contributed by atoms with Crippen molar-refractivity contribution in [3.05, 3.63) is 35.6 Å². The highest BCUT2D eigenvalue weighted by Crippen LogP contribution is 2.30. The summed E-state index contributed by atoms with van der Waals surface area (Å²) < 4.78 is 13.4. The number of carbonyl (C=O) groups is 1. The van der Waals surface area contributed by atoms with E-state index in [0.717, 1.165) is 0 Å². The molecule has 0 amide bonds. The molecular weight excluding hydrogens is 217 g/mol. The molecule has 0 spiro atoms. The van der Waals surface area contributed by atoms with Crippen LogP contribution in [0.2, 0.25) is 0 Å². The second kappa shape index (κ2) is 4.20. The van der Waals surface area contributed by atoms with E-state index in [9.17, 15) is 9.18 Å². The van der Waals surface area contributed by atoms with Crippen molar-refractivity contribution < 1.29 is 14.3 Å². The average Bonchev–Trinajstić information content (AvgIpc) is 2.67. The lowest BCUT2D eigenvalue weighted by Gasteiger charge is -2.11. The van der Waals surface area contributed by atoms with E-state index in [-0.39, 0.29) is 11.9 Å². The number of nitrogens with one attached hydrogen (secondary N) is 1.